The first kappa shape index (κ1) is 12.0. The highest BCUT2D eigenvalue weighted by Gasteiger charge is 2.18. The first-order valence-corrected chi connectivity index (χ1v) is 5.43. The zero-order valence-electron chi connectivity index (χ0n) is 9.25. The third-order valence-electron chi connectivity index (χ3n) is 2.64. The van der Waals surface area contributed by atoms with Crippen LogP contribution in [0.15, 0.2) is 30.0 Å². The Balaban J connectivity index is 2.12. The van der Waals surface area contributed by atoms with Gasteiger partial charge in [-0.2, -0.15) is 0 Å². The van der Waals surface area contributed by atoms with Gasteiger partial charge in [0.1, 0.15) is 17.4 Å². The lowest BCUT2D eigenvalue weighted by molar-refractivity contribution is 0.214. The summed E-state index contributed by atoms with van der Waals surface area (Å²) in [5, 5.41) is 0. The predicted octanol–water partition coefficient (Wildman–Crippen LogP) is 1.64. The molecule has 0 aromatic heterocycles. The molecule has 0 fully saturated rings. The van der Waals surface area contributed by atoms with Crippen molar-refractivity contribution < 1.29 is 13.5 Å². The Morgan fingerprint density at radius 1 is 1.29 bits per heavy atom. The maximum absolute atomic E-state index is 13.0. The molecule has 5 heteroatoms. The van der Waals surface area contributed by atoms with E-state index < -0.39 is 11.6 Å². The van der Waals surface area contributed by atoms with Crippen LogP contribution >= 0.6 is 0 Å². The fourth-order valence-corrected chi connectivity index (χ4v) is 1.89. The van der Waals surface area contributed by atoms with Gasteiger partial charge in [0, 0.05) is 12.5 Å². The van der Waals surface area contributed by atoms with Crippen molar-refractivity contribution in [1.82, 2.24) is 5.43 Å². The fraction of sp³-hybridized carbons (Fsp3) is 0.333. The van der Waals surface area contributed by atoms with Crippen molar-refractivity contribution in [2.75, 3.05) is 6.61 Å². The topological polar surface area (TPSA) is 47.3 Å². The number of halogens is 2. The molecule has 1 aliphatic heterocycles. The molecule has 0 aliphatic carbocycles. The van der Waals surface area contributed by atoms with E-state index in [0.29, 0.717) is 18.6 Å². The third-order valence-corrected chi connectivity index (χ3v) is 2.64. The highest BCUT2D eigenvalue weighted by Crippen LogP contribution is 2.18. The molecule has 92 valence electrons. The molecular formula is C12H14F2N2O. The zero-order chi connectivity index (χ0) is 12.3. The van der Waals surface area contributed by atoms with Crippen LogP contribution < -0.4 is 11.3 Å². The molecule has 0 spiro atoms. The van der Waals surface area contributed by atoms with Crippen LogP contribution in [-0.2, 0) is 11.2 Å². The van der Waals surface area contributed by atoms with Crippen molar-refractivity contribution in [1.29, 1.82) is 0 Å². The molecule has 2 rings (SSSR count). The van der Waals surface area contributed by atoms with Crippen LogP contribution in [0.25, 0.3) is 0 Å². The lowest BCUT2D eigenvalue weighted by Crippen LogP contribution is -2.38. The Morgan fingerprint density at radius 2 is 2.00 bits per heavy atom. The summed E-state index contributed by atoms with van der Waals surface area (Å²) in [5.74, 6) is 4.98. The summed E-state index contributed by atoms with van der Waals surface area (Å²) in [5.41, 5.74) is 3.14. The minimum Gasteiger partial charge on any atom is -0.496 e. The Labute approximate surface area is 98.2 Å². The Bertz CT molecular complexity index is 414. The predicted molar refractivity (Wildman–Crippen MR) is 59.8 cm³/mol. The Hall–Kier alpha value is -1.46. The number of hydrogen-bond acceptors (Lipinski definition) is 3. The molecule has 3 N–H and O–H groups in total. The molecule has 0 saturated carbocycles. The fourth-order valence-electron chi connectivity index (χ4n) is 1.89. The largest absolute Gasteiger partial charge is 0.496 e. The second kappa shape index (κ2) is 5.25. The van der Waals surface area contributed by atoms with Crippen LogP contribution in [-0.4, -0.2) is 12.6 Å². The number of nitrogens with one attached hydrogen (secondary N) is 1. The van der Waals surface area contributed by atoms with E-state index in [1.165, 1.54) is 12.1 Å². The van der Waals surface area contributed by atoms with E-state index in [2.05, 4.69) is 5.43 Å². The molecule has 1 aromatic carbocycles. The standard InChI is InChI=1S/C12H14F2N2O/c13-9-4-8(5-10(14)7-9)6-11(16-15)12-2-1-3-17-12/h2,4-5,7,11,16H,1,3,6,15H2. The van der Waals surface area contributed by atoms with Gasteiger partial charge in [-0.1, -0.05) is 0 Å². The zero-order valence-corrected chi connectivity index (χ0v) is 9.25. The van der Waals surface area contributed by atoms with Gasteiger partial charge < -0.3 is 4.74 Å². The van der Waals surface area contributed by atoms with E-state index in [9.17, 15) is 8.78 Å². The maximum Gasteiger partial charge on any atom is 0.126 e. The molecule has 1 aliphatic rings. The average Bonchev–Trinajstić information content (AvgIpc) is 2.77. The molecule has 1 atom stereocenters. The van der Waals surface area contributed by atoms with Crippen molar-refractivity contribution in [3.63, 3.8) is 0 Å². The molecule has 0 saturated heterocycles. The van der Waals surface area contributed by atoms with Crippen molar-refractivity contribution in [3.05, 3.63) is 47.2 Å². The van der Waals surface area contributed by atoms with Gasteiger partial charge in [0.25, 0.3) is 0 Å². The van der Waals surface area contributed by atoms with E-state index in [-0.39, 0.29) is 6.04 Å². The molecule has 1 aromatic rings. The van der Waals surface area contributed by atoms with Gasteiger partial charge in [-0.3, -0.25) is 5.84 Å². The number of ether oxygens (including phenoxy) is 1. The summed E-state index contributed by atoms with van der Waals surface area (Å²) in [6.45, 7) is 0.630. The van der Waals surface area contributed by atoms with Crippen molar-refractivity contribution in [2.45, 2.75) is 18.9 Å². The minimum absolute atomic E-state index is 0.251. The summed E-state index contributed by atoms with van der Waals surface area (Å²) in [6.07, 6.45) is 3.15. The molecular weight excluding hydrogens is 226 g/mol. The lowest BCUT2D eigenvalue weighted by Gasteiger charge is -2.17. The van der Waals surface area contributed by atoms with Gasteiger partial charge in [-0.05, 0) is 30.2 Å². The van der Waals surface area contributed by atoms with Gasteiger partial charge in [0.15, 0.2) is 0 Å². The van der Waals surface area contributed by atoms with Gasteiger partial charge in [0.05, 0.1) is 12.6 Å². The van der Waals surface area contributed by atoms with Crippen molar-refractivity contribution in [2.24, 2.45) is 5.84 Å². The SMILES string of the molecule is NNC(Cc1cc(F)cc(F)c1)C1=CCCO1. The average molecular weight is 240 g/mol. The highest BCUT2D eigenvalue weighted by molar-refractivity contribution is 5.21. The van der Waals surface area contributed by atoms with Gasteiger partial charge in [0.2, 0.25) is 0 Å². The van der Waals surface area contributed by atoms with E-state index in [0.717, 1.165) is 18.2 Å². The first-order valence-electron chi connectivity index (χ1n) is 5.43. The lowest BCUT2D eigenvalue weighted by atomic mass is 10.0. The number of rotatable bonds is 4. The van der Waals surface area contributed by atoms with Gasteiger partial charge in [-0.25, -0.2) is 14.2 Å². The molecule has 0 bridgehead atoms. The van der Waals surface area contributed by atoms with Gasteiger partial charge >= 0.3 is 0 Å². The van der Waals surface area contributed by atoms with Crippen molar-refractivity contribution in [3.8, 4) is 0 Å². The Kier molecular flexibility index (Phi) is 3.71. The molecule has 0 radical (unpaired) electrons. The number of nitrogens with two attached hydrogens (primary N) is 1. The van der Waals surface area contributed by atoms with E-state index in [4.69, 9.17) is 10.6 Å². The molecule has 17 heavy (non-hydrogen) atoms. The number of hydrogen-bond donors (Lipinski definition) is 2. The smallest absolute Gasteiger partial charge is 0.126 e. The molecule has 1 heterocycles. The number of benzene rings is 1. The van der Waals surface area contributed by atoms with Crippen LogP contribution in [0.5, 0.6) is 0 Å². The number of hydrazine groups is 1. The summed E-state index contributed by atoms with van der Waals surface area (Å²) in [7, 11) is 0. The quantitative estimate of drug-likeness (QED) is 0.621. The molecule has 0 amide bonds. The maximum atomic E-state index is 13.0. The minimum atomic E-state index is -0.586. The van der Waals surface area contributed by atoms with Crippen LogP contribution in [0.3, 0.4) is 0 Å². The monoisotopic (exact) mass is 240 g/mol. The summed E-state index contributed by atoms with van der Waals surface area (Å²) < 4.78 is 31.4. The van der Waals surface area contributed by atoms with Crippen molar-refractivity contribution >= 4 is 0 Å². The normalized spacial score (nSPS) is 16.5. The third kappa shape index (κ3) is 3.01. The first-order chi connectivity index (χ1) is 8.19. The van der Waals surface area contributed by atoms with Crippen LogP contribution in [0, 0.1) is 11.6 Å². The Morgan fingerprint density at radius 3 is 2.53 bits per heavy atom. The molecule has 1 unspecified atom stereocenters. The second-order valence-corrected chi connectivity index (χ2v) is 3.94. The van der Waals surface area contributed by atoms with Crippen LogP contribution in [0.1, 0.15) is 12.0 Å². The second-order valence-electron chi connectivity index (χ2n) is 3.94. The van der Waals surface area contributed by atoms with E-state index in [1.54, 1.807) is 0 Å². The molecule has 3 nitrogen and oxygen atoms in total. The summed E-state index contributed by atoms with van der Waals surface area (Å²) in [4.78, 5) is 0. The van der Waals surface area contributed by atoms with Gasteiger partial charge in [-0.15, -0.1) is 0 Å². The van der Waals surface area contributed by atoms with Crippen LogP contribution in [0.4, 0.5) is 8.78 Å². The van der Waals surface area contributed by atoms with E-state index in [1.807, 2.05) is 6.08 Å². The van der Waals surface area contributed by atoms with Crippen LogP contribution in [0.2, 0.25) is 0 Å². The summed E-state index contributed by atoms with van der Waals surface area (Å²) >= 11 is 0. The van der Waals surface area contributed by atoms with E-state index >= 15 is 0 Å². The summed E-state index contributed by atoms with van der Waals surface area (Å²) in [6, 6.07) is 3.18. The highest BCUT2D eigenvalue weighted by atomic mass is 19.1.